The highest BCUT2D eigenvalue weighted by atomic mass is 32.2. The van der Waals surface area contributed by atoms with Crippen LogP contribution in [0.1, 0.15) is 12.5 Å². The summed E-state index contributed by atoms with van der Waals surface area (Å²) in [4.78, 5) is -0.0807. The first kappa shape index (κ1) is 17.6. The van der Waals surface area contributed by atoms with Crippen LogP contribution in [-0.2, 0) is 14.8 Å². The van der Waals surface area contributed by atoms with Crippen LogP contribution >= 0.6 is 0 Å². The Hall–Kier alpha value is -1.46. The molecule has 0 spiro atoms. The number of halogens is 1. The topological polar surface area (TPSA) is 66.8 Å². The molecule has 0 saturated carbocycles. The first-order valence-corrected chi connectivity index (χ1v) is 7.79. The Bertz CT molecular complexity index is 634. The van der Waals surface area contributed by atoms with Crippen molar-refractivity contribution < 1.29 is 22.7 Å². The largest absolute Gasteiger partial charge is 0.384 e. The summed E-state index contributed by atoms with van der Waals surface area (Å²) in [6, 6.07) is 3.29. The Morgan fingerprint density at radius 3 is 2.71 bits per heavy atom. The van der Waals surface area contributed by atoms with E-state index in [2.05, 4.69) is 11.8 Å². The average molecular weight is 315 g/mol. The van der Waals surface area contributed by atoms with Gasteiger partial charge in [0.2, 0.25) is 10.0 Å². The number of aliphatic hydroxyl groups is 1. The number of likely N-dealkylation sites (N-methyl/N-ethyl adjacent to an activating group) is 1. The van der Waals surface area contributed by atoms with Crippen molar-refractivity contribution in [1.82, 2.24) is 4.31 Å². The van der Waals surface area contributed by atoms with Gasteiger partial charge in [-0.25, -0.2) is 12.8 Å². The van der Waals surface area contributed by atoms with Gasteiger partial charge in [-0.3, -0.25) is 0 Å². The maximum atomic E-state index is 13.3. The van der Waals surface area contributed by atoms with Gasteiger partial charge in [0.25, 0.3) is 0 Å². The van der Waals surface area contributed by atoms with E-state index in [4.69, 9.17) is 9.84 Å². The molecule has 21 heavy (non-hydrogen) atoms. The van der Waals surface area contributed by atoms with Crippen LogP contribution in [0, 0.1) is 17.7 Å². The van der Waals surface area contributed by atoms with E-state index in [1.54, 1.807) is 6.92 Å². The number of hydrogen-bond acceptors (Lipinski definition) is 4. The molecular formula is C14H18FNO4S. The molecule has 0 heterocycles. The Morgan fingerprint density at radius 1 is 1.43 bits per heavy atom. The third kappa shape index (κ3) is 4.51. The van der Waals surface area contributed by atoms with Gasteiger partial charge in [-0.15, -0.1) is 0 Å². The first-order chi connectivity index (χ1) is 9.97. The van der Waals surface area contributed by atoms with Gasteiger partial charge in [-0.1, -0.05) is 18.8 Å². The predicted molar refractivity (Wildman–Crippen MR) is 76.7 cm³/mol. The molecule has 116 valence electrons. The molecule has 1 rings (SSSR count). The number of rotatable bonds is 6. The minimum absolute atomic E-state index is 0.0277. The standard InChI is InChI=1S/C14H18FNO4S/c1-3-16(8-10-20-2)21(18,19)14-7-6-13(15)11-12(14)5-4-9-17/h6-7,11,17H,3,8-10H2,1-2H3. The Balaban J connectivity index is 3.29. The molecule has 0 fully saturated rings. The van der Waals surface area contributed by atoms with Crippen molar-refractivity contribution in [3.8, 4) is 11.8 Å². The lowest BCUT2D eigenvalue weighted by atomic mass is 10.2. The van der Waals surface area contributed by atoms with Gasteiger partial charge >= 0.3 is 0 Å². The lowest BCUT2D eigenvalue weighted by molar-refractivity contribution is 0.180. The molecule has 0 atom stereocenters. The van der Waals surface area contributed by atoms with Crippen molar-refractivity contribution in [3.63, 3.8) is 0 Å². The fourth-order valence-corrected chi connectivity index (χ4v) is 3.30. The second-order valence-corrected chi connectivity index (χ2v) is 6.00. The van der Waals surface area contributed by atoms with E-state index >= 15 is 0 Å². The Morgan fingerprint density at radius 2 is 2.14 bits per heavy atom. The normalized spacial score (nSPS) is 11.3. The Kier molecular flexibility index (Phi) is 6.78. The molecule has 0 amide bonds. The lowest BCUT2D eigenvalue weighted by Gasteiger charge is -2.20. The van der Waals surface area contributed by atoms with Crippen molar-refractivity contribution in [1.29, 1.82) is 0 Å². The maximum Gasteiger partial charge on any atom is 0.244 e. The smallest absolute Gasteiger partial charge is 0.244 e. The van der Waals surface area contributed by atoms with E-state index in [1.165, 1.54) is 17.5 Å². The van der Waals surface area contributed by atoms with E-state index in [0.29, 0.717) is 0 Å². The number of ether oxygens (including phenoxy) is 1. The highest BCUT2D eigenvalue weighted by Crippen LogP contribution is 2.20. The van der Waals surface area contributed by atoms with Gasteiger partial charge in [0.1, 0.15) is 12.4 Å². The van der Waals surface area contributed by atoms with E-state index < -0.39 is 22.4 Å². The molecule has 0 radical (unpaired) electrons. The second-order valence-electron chi connectivity index (χ2n) is 4.09. The van der Waals surface area contributed by atoms with Crippen LogP contribution in [0.3, 0.4) is 0 Å². The van der Waals surface area contributed by atoms with E-state index in [1.807, 2.05) is 0 Å². The van der Waals surface area contributed by atoms with Crippen LogP contribution in [-0.4, -0.2) is 51.2 Å². The summed E-state index contributed by atoms with van der Waals surface area (Å²) in [5, 5.41) is 8.72. The number of nitrogens with zero attached hydrogens (tertiary/aromatic N) is 1. The third-order valence-electron chi connectivity index (χ3n) is 2.76. The molecule has 1 aromatic carbocycles. The molecule has 0 unspecified atom stereocenters. The molecule has 0 saturated heterocycles. The molecule has 1 aromatic rings. The predicted octanol–water partition coefficient (Wildman–Crippen LogP) is 0.827. The van der Waals surface area contributed by atoms with Crippen molar-refractivity contribution in [3.05, 3.63) is 29.6 Å². The van der Waals surface area contributed by atoms with Crippen molar-refractivity contribution >= 4 is 10.0 Å². The van der Waals surface area contributed by atoms with Crippen LogP contribution in [0.4, 0.5) is 4.39 Å². The SMILES string of the molecule is CCN(CCOC)S(=O)(=O)c1ccc(F)cc1C#CCO. The zero-order chi connectivity index (χ0) is 15.9. The van der Waals surface area contributed by atoms with Crippen LogP contribution in [0.15, 0.2) is 23.1 Å². The number of sulfonamides is 1. The molecule has 1 N–H and O–H groups in total. The van der Waals surface area contributed by atoms with E-state index in [9.17, 15) is 12.8 Å². The number of methoxy groups -OCH3 is 1. The highest BCUT2D eigenvalue weighted by Gasteiger charge is 2.25. The number of hydrogen-bond donors (Lipinski definition) is 1. The number of aliphatic hydroxyl groups excluding tert-OH is 1. The molecule has 5 nitrogen and oxygen atoms in total. The van der Waals surface area contributed by atoms with Gasteiger partial charge < -0.3 is 9.84 Å². The van der Waals surface area contributed by atoms with Crippen LogP contribution in [0.25, 0.3) is 0 Å². The summed E-state index contributed by atoms with van der Waals surface area (Å²) in [6.45, 7) is 1.98. The van der Waals surface area contributed by atoms with Crippen molar-refractivity contribution in [2.45, 2.75) is 11.8 Å². The summed E-state index contributed by atoms with van der Waals surface area (Å²) in [7, 11) is -2.32. The van der Waals surface area contributed by atoms with E-state index in [-0.39, 0.29) is 30.2 Å². The minimum Gasteiger partial charge on any atom is -0.384 e. The molecule has 0 aliphatic rings. The molecule has 0 bridgehead atoms. The second kappa shape index (κ2) is 8.10. The lowest BCUT2D eigenvalue weighted by Crippen LogP contribution is -2.34. The summed E-state index contributed by atoms with van der Waals surface area (Å²) in [5.74, 6) is 4.22. The van der Waals surface area contributed by atoms with Gasteiger partial charge in [-0.05, 0) is 18.2 Å². The van der Waals surface area contributed by atoms with Gasteiger partial charge in [0.05, 0.1) is 11.5 Å². The van der Waals surface area contributed by atoms with Crippen LogP contribution < -0.4 is 0 Å². The highest BCUT2D eigenvalue weighted by molar-refractivity contribution is 7.89. The zero-order valence-electron chi connectivity index (χ0n) is 12.0. The quantitative estimate of drug-likeness (QED) is 0.790. The summed E-state index contributed by atoms with van der Waals surface area (Å²) >= 11 is 0. The molecule has 7 heteroatoms. The summed E-state index contributed by atoms with van der Waals surface area (Å²) in [6.07, 6.45) is 0. The van der Waals surface area contributed by atoms with Crippen LogP contribution in [0.2, 0.25) is 0 Å². The molecule has 0 aliphatic carbocycles. The Labute approximate surface area is 124 Å². The van der Waals surface area contributed by atoms with Crippen LogP contribution in [0.5, 0.6) is 0 Å². The fourth-order valence-electron chi connectivity index (χ4n) is 1.74. The van der Waals surface area contributed by atoms with Gasteiger partial charge in [0.15, 0.2) is 0 Å². The molecule has 0 aliphatic heterocycles. The van der Waals surface area contributed by atoms with Crippen molar-refractivity contribution in [2.24, 2.45) is 0 Å². The number of benzene rings is 1. The first-order valence-electron chi connectivity index (χ1n) is 6.35. The van der Waals surface area contributed by atoms with E-state index in [0.717, 1.165) is 12.1 Å². The van der Waals surface area contributed by atoms with Gasteiger partial charge in [0, 0.05) is 25.8 Å². The van der Waals surface area contributed by atoms with Gasteiger partial charge in [-0.2, -0.15) is 4.31 Å². The third-order valence-corrected chi connectivity index (χ3v) is 4.79. The minimum atomic E-state index is -3.80. The molecule has 0 aromatic heterocycles. The monoisotopic (exact) mass is 315 g/mol. The maximum absolute atomic E-state index is 13.3. The zero-order valence-corrected chi connectivity index (χ0v) is 12.8. The fraction of sp³-hybridized carbons (Fsp3) is 0.429. The molecular weight excluding hydrogens is 297 g/mol. The van der Waals surface area contributed by atoms with Crippen molar-refractivity contribution in [2.75, 3.05) is 33.4 Å². The average Bonchev–Trinajstić information content (AvgIpc) is 2.45. The summed E-state index contributed by atoms with van der Waals surface area (Å²) < 4.78 is 44.6. The summed E-state index contributed by atoms with van der Waals surface area (Å²) in [5.41, 5.74) is 0.0277.